The van der Waals surface area contributed by atoms with E-state index >= 15 is 0 Å². The molecule has 0 saturated carbocycles. The number of hydrogen-bond acceptors (Lipinski definition) is 4. The Morgan fingerprint density at radius 1 is 0.818 bits per heavy atom. The first-order valence-corrected chi connectivity index (χ1v) is 6.73. The van der Waals surface area contributed by atoms with Crippen molar-refractivity contribution < 1.29 is 14.0 Å². The summed E-state index contributed by atoms with van der Waals surface area (Å²) < 4.78 is 15.2. The Hall–Kier alpha value is -2.95. The molecule has 3 rings (SSSR count). The second-order valence-electron chi connectivity index (χ2n) is 4.70. The highest BCUT2D eigenvalue weighted by Crippen LogP contribution is 2.30. The largest absolute Gasteiger partial charge is 0.497 e. The van der Waals surface area contributed by atoms with Crippen LogP contribution in [0.25, 0.3) is 22.4 Å². The van der Waals surface area contributed by atoms with Gasteiger partial charge in [-0.3, -0.25) is 0 Å². The van der Waals surface area contributed by atoms with Gasteiger partial charge in [-0.2, -0.15) is 0 Å². The molecule has 0 atom stereocenters. The Balaban J connectivity index is 2.08. The number of hydrogen-bond donors (Lipinski definition) is 1. The summed E-state index contributed by atoms with van der Waals surface area (Å²) in [5.41, 5.74) is 2.33. The van der Waals surface area contributed by atoms with E-state index in [1.165, 1.54) is 0 Å². The minimum absolute atomic E-state index is 0.406. The Morgan fingerprint density at radius 3 is 1.82 bits per heavy atom. The summed E-state index contributed by atoms with van der Waals surface area (Å²) in [4.78, 5) is 12.0. The average Bonchev–Trinajstić information content (AvgIpc) is 2.96. The Kier molecular flexibility index (Phi) is 3.70. The third-order valence-electron chi connectivity index (χ3n) is 3.46. The molecule has 0 amide bonds. The van der Waals surface area contributed by atoms with Gasteiger partial charge in [0.25, 0.3) is 0 Å². The summed E-state index contributed by atoms with van der Waals surface area (Å²) in [6.45, 7) is 0. The van der Waals surface area contributed by atoms with Crippen molar-refractivity contribution in [2.75, 3.05) is 14.2 Å². The first kappa shape index (κ1) is 14.0. The van der Waals surface area contributed by atoms with Gasteiger partial charge in [-0.25, -0.2) is 9.95 Å². The molecule has 1 heterocycles. The van der Waals surface area contributed by atoms with E-state index in [4.69, 9.17) is 14.0 Å². The van der Waals surface area contributed by atoms with Gasteiger partial charge < -0.3 is 14.0 Å². The highest BCUT2D eigenvalue weighted by Gasteiger charge is 2.16. The number of methoxy groups -OCH3 is 2. The van der Waals surface area contributed by atoms with E-state index in [1.54, 1.807) is 26.4 Å². The van der Waals surface area contributed by atoms with Gasteiger partial charge >= 0.3 is 5.63 Å². The van der Waals surface area contributed by atoms with Crippen molar-refractivity contribution in [3.63, 3.8) is 0 Å². The third kappa shape index (κ3) is 2.48. The lowest BCUT2D eigenvalue weighted by molar-refractivity contribution is 0.394. The van der Waals surface area contributed by atoms with Crippen molar-refractivity contribution in [2.45, 2.75) is 0 Å². The molecule has 3 aromatic rings. The lowest BCUT2D eigenvalue weighted by Crippen LogP contribution is -1.97. The number of aromatic amines is 1. The van der Waals surface area contributed by atoms with E-state index < -0.39 is 5.63 Å². The number of rotatable bonds is 4. The van der Waals surface area contributed by atoms with E-state index in [-0.39, 0.29) is 0 Å². The molecular formula is C17H15NO4. The zero-order chi connectivity index (χ0) is 15.5. The molecular weight excluding hydrogens is 282 g/mol. The van der Waals surface area contributed by atoms with Crippen LogP contribution in [0.1, 0.15) is 0 Å². The van der Waals surface area contributed by atoms with Crippen LogP contribution in [-0.2, 0) is 0 Å². The van der Waals surface area contributed by atoms with Crippen LogP contribution in [0.4, 0.5) is 0 Å². The minimum Gasteiger partial charge on any atom is -0.497 e. The average molecular weight is 297 g/mol. The zero-order valence-corrected chi connectivity index (χ0v) is 12.3. The van der Waals surface area contributed by atoms with E-state index in [1.807, 2.05) is 36.4 Å². The number of H-pyrrole nitrogens is 1. The van der Waals surface area contributed by atoms with Gasteiger partial charge in [-0.15, -0.1) is 0 Å². The molecule has 0 radical (unpaired) electrons. The number of ether oxygens (including phenoxy) is 2. The zero-order valence-electron chi connectivity index (χ0n) is 12.3. The molecule has 0 unspecified atom stereocenters. The quantitative estimate of drug-likeness (QED) is 0.802. The molecule has 0 spiro atoms. The fourth-order valence-electron chi connectivity index (χ4n) is 2.28. The Labute approximate surface area is 127 Å². The normalized spacial score (nSPS) is 10.5. The second kappa shape index (κ2) is 5.81. The summed E-state index contributed by atoms with van der Waals surface area (Å²) >= 11 is 0. The minimum atomic E-state index is -0.406. The van der Waals surface area contributed by atoms with Gasteiger partial charge in [0.2, 0.25) is 0 Å². The molecule has 0 aliphatic carbocycles. The van der Waals surface area contributed by atoms with Crippen molar-refractivity contribution in [1.29, 1.82) is 0 Å². The Bertz CT molecular complexity index is 813. The molecule has 22 heavy (non-hydrogen) atoms. The van der Waals surface area contributed by atoms with Crippen molar-refractivity contribution in [2.24, 2.45) is 0 Å². The summed E-state index contributed by atoms with van der Waals surface area (Å²) in [7, 11) is 3.21. The van der Waals surface area contributed by atoms with Crippen molar-refractivity contribution >= 4 is 0 Å². The summed E-state index contributed by atoms with van der Waals surface area (Å²) in [5, 5.41) is 2.70. The van der Waals surface area contributed by atoms with Gasteiger partial charge in [-0.05, 0) is 42.0 Å². The molecule has 0 bridgehead atoms. The number of aromatic nitrogens is 1. The van der Waals surface area contributed by atoms with E-state index in [0.29, 0.717) is 11.3 Å². The molecule has 0 saturated heterocycles. The molecule has 5 heteroatoms. The monoisotopic (exact) mass is 297 g/mol. The standard InChI is InChI=1S/C17H15NO4/c1-20-13-7-3-11(4-8-13)15-16(18-22-17(15)19)12-5-9-14(21-2)10-6-12/h3-10,18H,1-2H3. The van der Waals surface area contributed by atoms with E-state index in [2.05, 4.69) is 5.16 Å². The van der Waals surface area contributed by atoms with Gasteiger partial charge in [0.15, 0.2) is 0 Å². The lowest BCUT2D eigenvalue weighted by Gasteiger charge is -2.05. The van der Waals surface area contributed by atoms with Crippen LogP contribution in [0.2, 0.25) is 0 Å². The molecule has 2 aromatic carbocycles. The highest BCUT2D eigenvalue weighted by molar-refractivity contribution is 5.80. The van der Waals surface area contributed by atoms with E-state index in [9.17, 15) is 4.79 Å². The molecule has 0 fully saturated rings. The van der Waals surface area contributed by atoms with Crippen LogP contribution in [0, 0.1) is 0 Å². The predicted octanol–water partition coefficient (Wildman–Crippen LogP) is 3.32. The molecule has 5 nitrogen and oxygen atoms in total. The fourth-order valence-corrected chi connectivity index (χ4v) is 2.28. The summed E-state index contributed by atoms with van der Waals surface area (Å²) in [6.07, 6.45) is 0. The van der Waals surface area contributed by atoms with Gasteiger partial charge in [-0.1, -0.05) is 12.1 Å². The topological polar surface area (TPSA) is 64.5 Å². The Morgan fingerprint density at radius 2 is 1.32 bits per heavy atom. The maximum Gasteiger partial charge on any atom is 0.365 e. The number of nitrogens with one attached hydrogen (secondary N) is 1. The van der Waals surface area contributed by atoms with Crippen LogP contribution in [-0.4, -0.2) is 19.4 Å². The number of benzene rings is 2. The maximum atomic E-state index is 12.0. The van der Waals surface area contributed by atoms with Gasteiger partial charge in [0.1, 0.15) is 11.5 Å². The fraction of sp³-hybridized carbons (Fsp3) is 0.118. The molecule has 0 aliphatic heterocycles. The first-order valence-electron chi connectivity index (χ1n) is 6.73. The lowest BCUT2D eigenvalue weighted by atomic mass is 10.0. The molecule has 1 aromatic heterocycles. The summed E-state index contributed by atoms with van der Waals surface area (Å²) in [6, 6.07) is 14.7. The molecule has 0 aliphatic rings. The van der Waals surface area contributed by atoms with Crippen LogP contribution in [0.3, 0.4) is 0 Å². The van der Waals surface area contributed by atoms with Crippen LogP contribution < -0.4 is 15.1 Å². The van der Waals surface area contributed by atoms with Gasteiger partial charge in [0.05, 0.1) is 25.5 Å². The van der Waals surface area contributed by atoms with Crippen molar-refractivity contribution in [3.8, 4) is 33.9 Å². The van der Waals surface area contributed by atoms with Crippen LogP contribution >= 0.6 is 0 Å². The molecule has 1 N–H and O–H groups in total. The molecule has 112 valence electrons. The summed E-state index contributed by atoms with van der Waals surface area (Å²) in [5.74, 6) is 1.48. The second-order valence-corrected chi connectivity index (χ2v) is 4.70. The SMILES string of the molecule is COc1ccc(-c2[nH]oc(=O)c2-c2ccc(OC)cc2)cc1. The highest BCUT2D eigenvalue weighted by atomic mass is 16.5. The van der Waals surface area contributed by atoms with Crippen LogP contribution in [0.5, 0.6) is 11.5 Å². The third-order valence-corrected chi connectivity index (χ3v) is 3.46. The van der Waals surface area contributed by atoms with Crippen molar-refractivity contribution in [3.05, 3.63) is 59.0 Å². The first-order chi connectivity index (χ1) is 10.7. The van der Waals surface area contributed by atoms with Gasteiger partial charge in [0, 0.05) is 5.56 Å². The van der Waals surface area contributed by atoms with Crippen LogP contribution in [0.15, 0.2) is 57.8 Å². The maximum absolute atomic E-state index is 12.0. The predicted molar refractivity (Wildman–Crippen MR) is 83.3 cm³/mol. The van der Waals surface area contributed by atoms with E-state index in [0.717, 1.165) is 22.6 Å². The smallest absolute Gasteiger partial charge is 0.365 e. The van der Waals surface area contributed by atoms with Crippen molar-refractivity contribution in [1.82, 2.24) is 5.16 Å².